The summed E-state index contributed by atoms with van der Waals surface area (Å²) in [7, 11) is 1.67. The molecule has 2 aromatic rings. The second-order valence-corrected chi connectivity index (χ2v) is 5.75. The zero-order valence-corrected chi connectivity index (χ0v) is 15.6. The molecule has 0 radical (unpaired) electrons. The van der Waals surface area contributed by atoms with E-state index in [4.69, 9.17) is 16.2 Å². The molecule has 140 valence electrons. The molecule has 0 bridgehead atoms. The van der Waals surface area contributed by atoms with Crippen LogP contribution in [0.4, 0.5) is 11.8 Å². The van der Waals surface area contributed by atoms with Gasteiger partial charge >= 0.3 is 0 Å². The van der Waals surface area contributed by atoms with Gasteiger partial charge in [0.2, 0.25) is 5.95 Å². The van der Waals surface area contributed by atoms with Crippen LogP contribution in [0.3, 0.4) is 0 Å². The Kier molecular flexibility index (Phi) is 8.30. The average molecular weight is 391 g/mol. The Hall–Kier alpha value is -1.68. The van der Waals surface area contributed by atoms with Gasteiger partial charge in [-0.05, 0) is 12.8 Å². The maximum atomic E-state index is 5.84. The fourth-order valence-electron chi connectivity index (χ4n) is 2.65. The molecule has 9 nitrogen and oxygen atoms in total. The topological polar surface area (TPSA) is 130 Å². The molecule has 1 aliphatic carbocycles. The van der Waals surface area contributed by atoms with Crippen LogP contribution in [-0.4, -0.2) is 44.5 Å². The number of methoxy groups -OCH3 is 1. The minimum absolute atomic E-state index is 0. The van der Waals surface area contributed by atoms with Crippen molar-refractivity contribution in [3.8, 4) is 0 Å². The van der Waals surface area contributed by atoms with Crippen molar-refractivity contribution in [2.75, 3.05) is 24.8 Å². The summed E-state index contributed by atoms with van der Waals surface area (Å²) in [6, 6.07) is 2.20. The summed E-state index contributed by atoms with van der Waals surface area (Å²) in [5, 5.41) is 11.3. The van der Waals surface area contributed by atoms with E-state index in [0.29, 0.717) is 31.4 Å². The fourth-order valence-corrected chi connectivity index (χ4v) is 2.65. The summed E-state index contributed by atoms with van der Waals surface area (Å²) in [6.07, 6.45) is 3.58. The molecule has 2 heterocycles. The Bertz CT molecular complexity index is 662. The molecule has 5 N–H and O–H groups in total. The van der Waals surface area contributed by atoms with Crippen LogP contribution < -0.4 is 16.8 Å². The quantitative estimate of drug-likeness (QED) is 0.636. The number of nitrogens with two attached hydrogens (primary N) is 2. The first-order chi connectivity index (χ1) is 11.2. The number of aromatic nitrogens is 5. The molecule has 0 aliphatic heterocycles. The van der Waals surface area contributed by atoms with Gasteiger partial charge in [0, 0.05) is 31.7 Å². The van der Waals surface area contributed by atoms with Gasteiger partial charge in [0.05, 0.1) is 18.8 Å². The summed E-state index contributed by atoms with van der Waals surface area (Å²) in [5.41, 5.74) is 12.6. The summed E-state index contributed by atoms with van der Waals surface area (Å²) in [6.45, 7) is 1.82. The predicted octanol–water partition coefficient (Wildman–Crippen LogP) is 0.957. The molecule has 25 heavy (non-hydrogen) atoms. The van der Waals surface area contributed by atoms with E-state index in [9.17, 15) is 0 Å². The zero-order valence-electron chi connectivity index (χ0n) is 14.0. The number of nitrogen functional groups attached to an aromatic ring is 1. The lowest BCUT2D eigenvalue weighted by molar-refractivity contribution is 0.186. The minimum Gasteiger partial charge on any atom is -0.383 e. The van der Waals surface area contributed by atoms with Crippen LogP contribution in [0.15, 0.2) is 12.4 Å². The first kappa shape index (κ1) is 21.4. The number of rotatable bonds is 7. The van der Waals surface area contributed by atoms with Crippen molar-refractivity contribution in [1.29, 1.82) is 0 Å². The van der Waals surface area contributed by atoms with Crippen molar-refractivity contribution < 1.29 is 4.74 Å². The van der Waals surface area contributed by atoms with Crippen molar-refractivity contribution in [2.24, 2.45) is 5.73 Å². The number of hydrogen-bond donors (Lipinski definition) is 3. The number of ether oxygens (including phenoxy) is 1. The molecule has 1 fully saturated rings. The third kappa shape index (κ3) is 5.40. The standard InChI is InChI=1S/C14H22N8O.2ClH/c1-23-3-2-22-8-18-21-13(22)7-17-12-6-11(19-14(16)20-12)9-4-10(15)5-9;;/h6,8-10H,2-5,7,15H2,1H3,(H3,16,17,19,20);2*1H. The first-order valence-corrected chi connectivity index (χ1v) is 7.65. The molecule has 11 heteroatoms. The lowest BCUT2D eigenvalue weighted by atomic mass is 9.78. The van der Waals surface area contributed by atoms with Crippen LogP contribution in [-0.2, 0) is 17.8 Å². The maximum Gasteiger partial charge on any atom is 0.222 e. The van der Waals surface area contributed by atoms with E-state index in [0.717, 1.165) is 24.4 Å². The molecular weight excluding hydrogens is 367 g/mol. The summed E-state index contributed by atoms with van der Waals surface area (Å²) in [4.78, 5) is 8.54. The number of nitrogens with zero attached hydrogens (tertiary/aromatic N) is 5. The molecule has 1 aliphatic rings. The van der Waals surface area contributed by atoms with Gasteiger partial charge in [-0.1, -0.05) is 0 Å². The second kappa shape index (κ2) is 9.71. The minimum atomic E-state index is 0. The predicted molar refractivity (Wildman–Crippen MR) is 100 cm³/mol. The van der Waals surface area contributed by atoms with E-state index in [2.05, 4.69) is 25.5 Å². The van der Waals surface area contributed by atoms with Crippen LogP contribution in [0, 0.1) is 0 Å². The normalized spacial score (nSPS) is 18.6. The van der Waals surface area contributed by atoms with Gasteiger partial charge in [-0.25, -0.2) is 4.98 Å². The first-order valence-electron chi connectivity index (χ1n) is 7.65. The van der Waals surface area contributed by atoms with Crippen molar-refractivity contribution in [3.63, 3.8) is 0 Å². The molecule has 0 aromatic carbocycles. The number of anilines is 2. The van der Waals surface area contributed by atoms with Gasteiger partial charge in [-0.15, -0.1) is 35.0 Å². The summed E-state index contributed by atoms with van der Waals surface area (Å²) in [5.74, 6) is 2.15. The third-order valence-corrected chi connectivity index (χ3v) is 4.02. The van der Waals surface area contributed by atoms with Crippen LogP contribution in [0.5, 0.6) is 0 Å². The SMILES string of the molecule is COCCn1cnnc1CNc1cc(C2CC(N)C2)nc(N)n1.Cl.Cl. The van der Waals surface area contributed by atoms with E-state index in [-0.39, 0.29) is 36.8 Å². The van der Waals surface area contributed by atoms with E-state index in [1.54, 1.807) is 13.4 Å². The van der Waals surface area contributed by atoms with Crippen molar-refractivity contribution >= 4 is 36.6 Å². The smallest absolute Gasteiger partial charge is 0.222 e. The molecule has 0 spiro atoms. The average Bonchev–Trinajstić information content (AvgIpc) is 2.94. The van der Waals surface area contributed by atoms with Gasteiger partial charge < -0.3 is 26.1 Å². The molecule has 0 atom stereocenters. The van der Waals surface area contributed by atoms with Crippen LogP contribution in [0.25, 0.3) is 0 Å². The lowest BCUT2D eigenvalue weighted by Crippen LogP contribution is -2.35. The summed E-state index contributed by atoms with van der Waals surface area (Å²) < 4.78 is 7.01. The van der Waals surface area contributed by atoms with Crippen LogP contribution in [0.2, 0.25) is 0 Å². The highest BCUT2D eigenvalue weighted by Gasteiger charge is 2.29. The Balaban J connectivity index is 0.00000156. The van der Waals surface area contributed by atoms with Crippen molar-refractivity contribution in [1.82, 2.24) is 24.7 Å². The van der Waals surface area contributed by atoms with Gasteiger partial charge in [0.25, 0.3) is 0 Å². The molecule has 2 aromatic heterocycles. The highest BCUT2D eigenvalue weighted by molar-refractivity contribution is 5.85. The van der Waals surface area contributed by atoms with Crippen molar-refractivity contribution in [3.05, 3.63) is 23.9 Å². The zero-order chi connectivity index (χ0) is 16.2. The summed E-state index contributed by atoms with van der Waals surface area (Å²) >= 11 is 0. The van der Waals surface area contributed by atoms with Crippen molar-refractivity contribution in [2.45, 2.75) is 37.9 Å². The number of nitrogens with one attached hydrogen (secondary N) is 1. The van der Waals surface area contributed by atoms with Crippen LogP contribution >= 0.6 is 24.8 Å². The van der Waals surface area contributed by atoms with Gasteiger partial charge in [0.1, 0.15) is 12.1 Å². The Morgan fingerprint density at radius 3 is 2.76 bits per heavy atom. The molecule has 0 saturated heterocycles. The van der Waals surface area contributed by atoms with Gasteiger partial charge in [0.15, 0.2) is 5.82 Å². The lowest BCUT2D eigenvalue weighted by Gasteiger charge is -2.32. The molecule has 3 rings (SSSR count). The number of hydrogen-bond acceptors (Lipinski definition) is 8. The van der Waals surface area contributed by atoms with Crippen LogP contribution in [0.1, 0.15) is 30.3 Å². The Labute approximate surface area is 158 Å². The Morgan fingerprint density at radius 1 is 1.32 bits per heavy atom. The van der Waals surface area contributed by atoms with Gasteiger partial charge in [-0.3, -0.25) is 0 Å². The van der Waals surface area contributed by atoms with Gasteiger partial charge in [-0.2, -0.15) is 4.98 Å². The second-order valence-electron chi connectivity index (χ2n) is 5.75. The Morgan fingerprint density at radius 2 is 2.08 bits per heavy atom. The molecule has 0 unspecified atom stereocenters. The maximum absolute atomic E-state index is 5.84. The monoisotopic (exact) mass is 390 g/mol. The molecular formula is C14H24Cl2N8O. The molecule has 1 saturated carbocycles. The van der Waals surface area contributed by atoms with E-state index in [1.165, 1.54) is 0 Å². The van der Waals surface area contributed by atoms with E-state index in [1.807, 2.05) is 10.6 Å². The highest BCUT2D eigenvalue weighted by Crippen LogP contribution is 2.35. The largest absolute Gasteiger partial charge is 0.383 e. The fraction of sp³-hybridized carbons (Fsp3) is 0.571. The van der Waals surface area contributed by atoms with E-state index >= 15 is 0 Å². The van der Waals surface area contributed by atoms with E-state index < -0.39 is 0 Å². The third-order valence-electron chi connectivity index (χ3n) is 4.02. The highest BCUT2D eigenvalue weighted by atomic mass is 35.5. The molecule has 0 amide bonds. The number of halogens is 2.